The molecule has 0 unspecified atom stereocenters. The van der Waals surface area contributed by atoms with Crippen molar-refractivity contribution in [1.82, 2.24) is 0 Å². The topological polar surface area (TPSA) is 29.5 Å². The zero-order valence-corrected chi connectivity index (χ0v) is 11.3. The second-order valence-corrected chi connectivity index (χ2v) is 4.46. The van der Waals surface area contributed by atoms with Crippen molar-refractivity contribution in [3.05, 3.63) is 64.4 Å². The summed E-state index contributed by atoms with van der Waals surface area (Å²) in [6.45, 7) is 0.0181. The first-order valence-corrected chi connectivity index (χ1v) is 6.33. The third kappa shape index (κ3) is 3.99. The zero-order chi connectivity index (χ0) is 14.4. The van der Waals surface area contributed by atoms with E-state index in [1.165, 1.54) is 18.2 Å². The second-order valence-electron chi connectivity index (χ2n) is 4.02. The van der Waals surface area contributed by atoms with Crippen LogP contribution in [0.3, 0.4) is 0 Å². The molecule has 2 nitrogen and oxygen atoms in total. The van der Waals surface area contributed by atoms with E-state index in [1.807, 2.05) is 12.1 Å². The Morgan fingerprint density at radius 3 is 2.80 bits per heavy atom. The third-order valence-corrected chi connectivity index (χ3v) is 2.76. The molecule has 0 fully saturated rings. The Balaban J connectivity index is 2.16. The van der Waals surface area contributed by atoms with Gasteiger partial charge in [0.25, 0.3) is 0 Å². The molecule has 1 N–H and O–H groups in total. The summed E-state index contributed by atoms with van der Waals surface area (Å²) < 4.78 is 18.8. The minimum absolute atomic E-state index is 0.287. The molecule has 4 heteroatoms. The predicted octanol–water partition coefficient (Wildman–Crippen LogP) is 3.40. The van der Waals surface area contributed by atoms with Crippen LogP contribution in [0.25, 0.3) is 0 Å². The third-order valence-electron chi connectivity index (χ3n) is 2.53. The molecule has 0 aliphatic carbocycles. The first-order chi connectivity index (χ1) is 9.69. The van der Waals surface area contributed by atoms with Crippen molar-refractivity contribution < 1.29 is 14.2 Å². The van der Waals surface area contributed by atoms with Gasteiger partial charge in [-0.2, -0.15) is 0 Å². The molecule has 0 bridgehead atoms. The lowest BCUT2D eigenvalue weighted by atomic mass is 10.2. The van der Waals surface area contributed by atoms with E-state index in [9.17, 15) is 4.39 Å². The molecule has 0 atom stereocenters. The van der Waals surface area contributed by atoms with Crippen LogP contribution in [0.15, 0.2) is 42.5 Å². The van der Waals surface area contributed by atoms with Crippen molar-refractivity contribution in [2.45, 2.75) is 6.61 Å². The Kier molecular flexibility index (Phi) is 5.00. The largest absolute Gasteiger partial charge is 0.488 e. The van der Waals surface area contributed by atoms with E-state index < -0.39 is 5.82 Å². The number of aliphatic hydroxyl groups is 1. The zero-order valence-electron chi connectivity index (χ0n) is 10.6. The van der Waals surface area contributed by atoms with Gasteiger partial charge < -0.3 is 9.84 Å². The Labute approximate surface area is 121 Å². The number of benzene rings is 2. The van der Waals surface area contributed by atoms with Crippen molar-refractivity contribution in [2.24, 2.45) is 0 Å². The van der Waals surface area contributed by atoms with Crippen molar-refractivity contribution in [3.8, 4) is 17.6 Å². The van der Waals surface area contributed by atoms with E-state index >= 15 is 0 Å². The van der Waals surface area contributed by atoms with Gasteiger partial charge in [-0.1, -0.05) is 35.6 Å². The molecule has 2 rings (SSSR count). The minimum atomic E-state index is -0.401. The van der Waals surface area contributed by atoms with Crippen LogP contribution < -0.4 is 4.74 Å². The molecule has 2 aromatic rings. The molecule has 0 heterocycles. The van der Waals surface area contributed by atoms with Crippen LogP contribution in [0.1, 0.15) is 11.1 Å². The first kappa shape index (κ1) is 14.4. The molecule has 0 radical (unpaired) electrons. The van der Waals surface area contributed by atoms with Gasteiger partial charge in [0.1, 0.15) is 24.8 Å². The quantitative estimate of drug-likeness (QED) is 0.878. The fraction of sp³-hybridized carbons (Fsp3) is 0.125. The summed E-state index contributed by atoms with van der Waals surface area (Å²) in [5.74, 6) is 5.20. The summed E-state index contributed by atoms with van der Waals surface area (Å²) in [5, 5.41) is 9.33. The Morgan fingerprint density at radius 1 is 1.20 bits per heavy atom. The van der Waals surface area contributed by atoms with Crippen LogP contribution in [-0.2, 0) is 6.61 Å². The van der Waals surface area contributed by atoms with E-state index in [0.717, 1.165) is 5.56 Å². The van der Waals surface area contributed by atoms with Crippen LogP contribution in [-0.4, -0.2) is 11.7 Å². The summed E-state index contributed by atoms with van der Waals surface area (Å²) in [7, 11) is 0. The average Bonchev–Trinajstić information content (AvgIpc) is 2.44. The van der Waals surface area contributed by atoms with E-state index in [2.05, 4.69) is 11.8 Å². The van der Waals surface area contributed by atoms with Gasteiger partial charge in [-0.05, 0) is 35.9 Å². The molecule has 0 spiro atoms. The van der Waals surface area contributed by atoms with Gasteiger partial charge in [0, 0.05) is 5.02 Å². The summed E-state index contributed by atoms with van der Waals surface area (Å²) in [6, 6.07) is 11.4. The van der Waals surface area contributed by atoms with Crippen molar-refractivity contribution >= 4 is 11.6 Å². The van der Waals surface area contributed by atoms with Gasteiger partial charge in [0.15, 0.2) is 0 Å². The summed E-state index contributed by atoms with van der Waals surface area (Å²) in [5.41, 5.74) is 1.31. The van der Waals surface area contributed by atoms with Crippen molar-refractivity contribution in [3.63, 3.8) is 0 Å². The molecule has 0 amide bonds. The predicted molar refractivity (Wildman–Crippen MR) is 76.1 cm³/mol. The number of rotatable bonds is 3. The van der Waals surface area contributed by atoms with Gasteiger partial charge in [-0.25, -0.2) is 4.39 Å². The lowest BCUT2D eigenvalue weighted by molar-refractivity contribution is 0.305. The molecule has 2 aromatic carbocycles. The lowest BCUT2D eigenvalue weighted by Crippen LogP contribution is -1.98. The number of hydrogen-bond acceptors (Lipinski definition) is 2. The maximum absolute atomic E-state index is 13.2. The summed E-state index contributed by atoms with van der Waals surface area (Å²) in [6.07, 6.45) is 0. The number of ether oxygens (including phenoxy) is 1. The maximum atomic E-state index is 13.2. The van der Waals surface area contributed by atoms with Crippen LogP contribution in [0.5, 0.6) is 5.75 Å². The van der Waals surface area contributed by atoms with Gasteiger partial charge in [-0.3, -0.25) is 0 Å². The number of hydrogen-bond donors (Lipinski definition) is 1. The molecule has 0 aliphatic rings. The molecule has 0 aliphatic heterocycles. The van der Waals surface area contributed by atoms with Crippen LogP contribution >= 0.6 is 11.6 Å². The van der Waals surface area contributed by atoms with E-state index in [-0.39, 0.29) is 6.61 Å². The average molecular weight is 291 g/mol. The smallest absolute Gasteiger partial charge is 0.135 e. The van der Waals surface area contributed by atoms with Crippen LogP contribution in [0.4, 0.5) is 4.39 Å². The summed E-state index contributed by atoms with van der Waals surface area (Å²) in [4.78, 5) is 0. The molecule has 0 saturated heterocycles. The highest BCUT2D eigenvalue weighted by atomic mass is 35.5. The number of halogens is 2. The molecule has 0 aromatic heterocycles. The van der Waals surface area contributed by atoms with Gasteiger partial charge >= 0.3 is 0 Å². The van der Waals surface area contributed by atoms with Crippen molar-refractivity contribution in [1.29, 1.82) is 0 Å². The summed E-state index contributed by atoms with van der Waals surface area (Å²) >= 11 is 5.89. The SMILES string of the molecule is OCC#Cc1cc(F)ccc1OCc1cccc(Cl)c1. The monoisotopic (exact) mass is 290 g/mol. The molecular weight excluding hydrogens is 279 g/mol. The normalized spacial score (nSPS) is 9.75. The molecule has 0 saturated carbocycles. The first-order valence-electron chi connectivity index (χ1n) is 5.95. The standard InChI is InChI=1S/C16H12ClFO2/c17-14-5-1-3-12(9-14)11-20-16-7-6-15(18)10-13(16)4-2-8-19/h1,3,5-7,9-10,19H,8,11H2. The second kappa shape index (κ2) is 6.95. The highest BCUT2D eigenvalue weighted by molar-refractivity contribution is 6.30. The Morgan fingerprint density at radius 2 is 2.05 bits per heavy atom. The van der Waals surface area contributed by atoms with Crippen LogP contribution in [0, 0.1) is 17.7 Å². The van der Waals surface area contributed by atoms with Gasteiger partial charge in [0.05, 0.1) is 5.56 Å². The van der Waals surface area contributed by atoms with Gasteiger partial charge in [-0.15, -0.1) is 0 Å². The fourth-order valence-electron chi connectivity index (χ4n) is 1.65. The highest BCUT2D eigenvalue weighted by Crippen LogP contribution is 2.20. The molecule has 102 valence electrons. The van der Waals surface area contributed by atoms with E-state index in [1.54, 1.807) is 12.1 Å². The number of aliphatic hydroxyl groups excluding tert-OH is 1. The highest BCUT2D eigenvalue weighted by Gasteiger charge is 2.04. The maximum Gasteiger partial charge on any atom is 0.135 e. The lowest BCUT2D eigenvalue weighted by Gasteiger charge is -2.08. The van der Waals surface area contributed by atoms with E-state index in [0.29, 0.717) is 22.9 Å². The molecule has 20 heavy (non-hydrogen) atoms. The minimum Gasteiger partial charge on any atom is -0.488 e. The van der Waals surface area contributed by atoms with Crippen molar-refractivity contribution in [2.75, 3.05) is 6.61 Å². The van der Waals surface area contributed by atoms with Crippen LogP contribution in [0.2, 0.25) is 5.02 Å². The van der Waals surface area contributed by atoms with Gasteiger partial charge in [0.2, 0.25) is 0 Å². The van der Waals surface area contributed by atoms with E-state index in [4.69, 9.17) is 21.4 Å². The molecular formula is C16H12ClFO2. The fourth-order valence-corrected chi connectivity index (χ4v) is 1.86. The Hall–Kier alpha value is -2.02. The Bertz CT molecular complexity index is 659.